The number of hydrogen-bond donors (Lipinski definition) is 2. The molecule has 1 aliphatic rings. The minimum absolute atomic E-state index is 0.337. The molecule has 0 radical (unpaired) electrons. The summed E-state index contributed by atoms with van der Waals surface area (Å²) >= 11 is 0. The number of nitrogens with one attached hydrogen (secondary N) is 1. The second kappa shape index (κ2) is 8.93. The minimum atomic E-state index is 0.337. The molecule has 1 fully saturated rings. The van der Waals surface area contributed by atoms with Crippen molar-refractivity contribution in [3.8, 4) is 0 Å². The van der Waals surface area contributed by atoms with Crippen LogP contribution < -0.4 is 11.1 Å². The van der Waals surface area contributed by atoms with E-state index in [2.05, 4.69) is 49.4 Å². The quantitative estimate of drug-likeness (QED) is 0.648. The van der Waals surface area contributed by atoms with Gasteiger partial charge in [-0.05, 0) is 49.4 Å². The highest BCUT2D eigenvalue weighted by molar-refractivity contribution is 5.89. The molecule has 3 aromatic rings. The lowest BCUT2D eigenvalue weighted by Gasteiger charge is -2.32. The van der Waals surface area contributed by atoms with Gasteiger partial charge in [0.2, 0.25) is 5.95 Å². The van der Waals surface area contributed by atoms with Crippen molar-refractivity contribution >= 4 is 22.8 Å². The number of piperidine rings is 1. The summed E-state index contributed by atoms with van der Waals surface area (Å²) < 4.78 is 5.24. The Morgan fingerprint density at radius 1 is 1.10 bits per heavy atom. The largest absolute Gasteiger partial charge is 0.383 e. The molecule has 0 unspecified atom stereocenters. The highest BCUT2D eigenvalue weighted by Gasteiger charge is 2.21. The van der Waals surface area contributed by atoms with E-state index in [1.807, 2.05) is 19.9 Å². The molecule has 3 heterocycles. The summed E-state index contributed by atoms with van der Waals surface area (Å²) in [7, 11) is 1.73. The predicted molar refractivity (Wildman–Crippen MR) is 120 cm³/mol. The van der Waals surface area contributed by atoms with Crippen LogP contribution in [-0.2, 0) is 17.9 Å². The molecule has 1 aromatic carbocycles. The van der Waals surface area contributed by atoms with E-state index in [9.17, 15) is 0 Å². The van der Waals surface area contributed by atoms with E-state index in [0.717, 1.165) is 49.1 Å². The molecule has 4 rings (SSSR count). The van der Waals surface area contributed by atoms with Gasteiger partial charge < -0.3 is 15.8 Å². The minimum Gasteiger partial charge on any atom is -0.383 e. The number of nitrogen functional groups attached to an aromatic ring is 1. The zero-order valence-electron chi connectivity index (χ0n) is 18.0. The van der Waals surface area contributed by atoms with Crippen LogP contribution >= 0.6 is 0 Å². The zero-order chi connectivity index (χ0) is 21.1. The summed E-state index contributed by atoms with van der Waals surface area (Å²) in [4.78, 5) is 16.2. The summed E-state index contributed by atoms with van der Waals surface area (Å²) in [5, 5.41) is 4.32. The number of fused-ring (bicyclic) bond motifs is 1. The number of ether oxygens (including phenoxy) is 1. The van der Waals surface area contributed by atoms with Gasteiger partial charge in [0.25, 0.3) is 0 Å². The number of aryl methyl sites for hydroxylation is 2. The lowest BCUT2D eigenvalue weighted by atomic mass is 10.0. The molecular formula is C23H30N6O. The first kappa shape index (κ1) is 20.5. The van der Waals surface area contributed by atoms with Gasteiger partial charge in [0.15, 0.2) is 5.65 Å². The van der Waals surface area contributed by atoms with Crippen molar-refractivity contribution in [3.63, 3.8) is 0 Å². The number of pyridine rings is 1. The molecule has 7 heteroatoms. The van der Waals surface area contributed by atoms with Crippen molar-refractivity contribution in [1.82, 2.24) is 19.9 Å². The molecule has 0 atom stereocenters. The van der Waals surface area contributed by atoms with Crippen LogP contribution in [0, 0.1) is 13.8 Å². The highest BCUT2D eigenvalue weighted by Crippen LogP contribution is 2.24. The Bertz CT molecular complexity index is 1030. The molecule has 1 aliphatic heterocycles. The van der Waals surface area contributed by atoms with Gasteiger partial charge in [-0.15, -0.1) is 0 Å². The van der Waals surface area contributed by atoms with E-state index in [1.54, 1.807) is 7.11 Å². The Morgan fingerprint density at radius 3 is 2.63 bits per heavy atom. The monoisotopic (exact) mass is 406 g/mol. The third-order valence-corrected chi connectivity index (χ3v) is 5.65. The molecule has 7 nitrogen and oxygen atoms in total. The normalized spacial score (nSPS) is 15.6. The van der Waals surface area contributed by atoms with Gasteiger partial charge in [-0.3, -0.25) is 4.90 Å². The Balaban J connectivity index is 1.37. The molecule has 0 amide bonds. The molecule has 158 valence electrons. The lowest BCUT2D eigenvalue weighted by Crippen LogP contribution is -2.39. The third-order valence-electron chi connectivity index (χ3n) is 5.65. The first-order valence-electron chi connectivity index (χ1n) is 10.5. The van der Waals surface area contributed by atoms with Gasteiger partial charge in [-0.1, -0.05) is 24.3 Å². The average Bonchev–Trinajstić information content (AvgIpc) is 2.69. The van der Waals surface area contributed by atoms with Crippen LogP contribution in [0.4, 0.5) is 11.8 Å². The average molecular weight is 407 g/mol. The van der Waals surface area contributed by atoms with Crippen LogP contribution in [0.15, 0.2) is 30.3 Å². The van der Waals surface area contributed by atoms with Gasteiger partial charge in [0, 0.05) is 38.5 Å². The van der Waals surface area contributed by atoms with Crippen molar-refractivity contribution in [3.05, 3.63) is 52.7 Å². The number of methoxy groups -OCH3 is 1. The van der Waals surface area contributed by atoms with E-state index in [1.165, 1.54) is 11.1 Å². The maximum Gasteiger partial charge on any atom is 0.226 e. The van der Waals surface area contributed by atoms with Crippen LogP contribution in [-0.4, -0.2) is 46.1 Å². The van der Waals surface area contributed by atoms with E-state index in [4.69, 9.17) is 10.5 Å². The molecule has 0 spiro atoms. The van der Waals surface area contributed by atoms with E-state index in [0.29, 0.717) is 30.1 Å². The van der Waals surface area contributed by atoms with Crippen molar-refractivity contribution in [1.29, 1.82) is 0 Å². The summed E-state index contributed by atoms with van der Waals surface area (Å²) in [6.07, 6.45) is 2.08. The van der Waals surface area contributed by atoms with Gasteiger partial charge in [-0.25, -0.2) is 4.98 Å². The standard InChI is InChI=1S/C23H30N6O/c1-15-11-16(2)25-22-20(15)21(24)27-23(28-22)26-19-7-9-29(10-8-19)13-17-5-4-6-18(12-17)14-30-3/h4-6,11-12,19H,7-10,13-14H2,1-3H3,(H3,24,25,26,27,28). The summed E-state index contributed by atoms with van der Waals surface area (Å²) in [6.45, 7) is 7.68. The summed E-state index contributed by atoms with van der Waals surface area (Å²) in [5.74, 6) is 1.06. The molecule has 3 N–H and O–H groups in total. The van der Waals surface area contributed by atoms with Crippen LogP contribution in [0.5, 0.6) is 0 Å². The number of rotatable bonds is 6. The fraction of sp³-hybridized carbons (Fsp3) is 0.435. The predicted octanol–water partition coefficient (Wildman–Crippen LogP) is 3.45. The zero-order valence-corrected chi connectivity index (χ0v) is 18.0. The maximum absolute atomic E-state index is 6.21. The number of benzene rings is 1. The second-order valence-corrected chi connectivity index (χ2v) is 8.16. The van der Waals surface area contributed by atoms with Crippen molar-refractivity contribution in [2.45, 2.75) is 45.9 Å². The number of anilines is 2. The number of hydrogen-bond acceptors (Lipinski definition) is 7. The lowest BCUT2D eigenvalue weighted by molar-refractivity contribution is 0.184. The molecule has 1 saturated heterocycles. The maximum atomic E-state index is 6.21. The molecule has 0 saturated carbocycles. The second-order valence-electron chi connectivity index (χ2n) is 8.16. The Morgan fingerprint density at radius 2 is 1.87 bits per heavy atom. The topological polar surface area (TPSA) is 89.2 Å². The number of aromatic nitrogens is 3. The first-order chi connectivity index (χ1) is 14.5. The number of nitrogens with zero attached hydrogens (tertiary/aromatic N) is 4. The van der Waals surface area contributed by atoms with Crippen LogP contribution in [0.2, 0.25) is 0 Å². The fourth-order valence-corrected chi connectivity index (χ4v) is 4.24. The van der Waals surface area contributed by atoms with Crippen molar-refractivity contribution in [2.24, 2.45) is 0 Å². The number of nitrogens with two attached hydrogens (primary N) is 1. The van der Waals surface area contributed by atoms with Gasteiger partial charge in [-0.2, -0.15) is 9.97 Å². The smallest absolute Gasteiger partial charge is 0.226 e. The molecule has 0 aliphatic carbocycles. The molecule has 2 aromatic heterocycles. The van der Waals surface area contributed by atoms with Crippen LogP contribution in [0.3, 0.4) is 0 Å². The Kier molecular flexibility index (Phi) is 6.11. The third kappa shape index (κ3) is 4.68. The number of likely N-dealkylation sites (tertiary alicyclic amines) is 1. The highest BCUT2D eigenvalue weighted by atomic mass is 16.5. The Hall–Kier alpha value is -2.77. The van der Waals surface area contributed by atoms with Crippen molar-refractivity contribution in [2.75, 3.05) is 31.2 Å². The van der Waals surface area contributed by atoms with Gasteiger partial charge >= 0.3 is 0 Å². The molecule has 30 heavy (non-hydrogen) atoms. The van der Waals surface area contributed by atoms with Crippen molar-refractivity contribution < 1.29 is 4.74 Å². The Labute approximate surface area is 177 Å². The molecular weight excluding hydrogens is 376 g/mol. The van der Waals surface area contributed by atoms with Gasteiger partial charge in [0.1, 0.15) is 5.82 Å². The van der Waals surface area contributed by atoms with E-state index < -0.39 is 0 Å². The first-order valence-corrected chi connectivity index (χ1v) is 10.5. The molecule has 0 bridgehead atoms. The fourth-order valence-electron chi connectivity index (χ4n) is 4.24. The SMILES string of the molecule is COCc1cccc(CN2CCC(Nc3nc(N)c4c(C)cc(C)nc4n3)CC2)c1. The summed E-state index contributed by atoms with van der Waals surface area (Å²) in [5.41, 5.74) is 11.4. The van der Waals surface area contributed by atoms with Crippen LogP contribution in [0.1, 0.15) is 35.2 Å². The van der Waals surface area contributed by atoms with Gasteiger partial charge in [0.05, 0.1) is 12.0 Å². The van der Waals surface area contributed by atoms with E-state index >= 15 is 0 Å². The van der Waals surface area contributed by atoms with Crippen LogP contribution in [0.25, 0.3) is 11.0 Å². The van der Waals surface area contributed by atoms with E-state index in [-0.39, 0.29) is 0 Å². The summed E-state index contributed by atoms with van der Waals surface area (Å²) in [6, 6.07) is 11.0.